The van der Waals surface area contributed by atoms with Crippen LogP contribution in [0.4, 0.5) is 5.95 Å². The average molecular weight is 335 g/mol. The first-order valence-electron chi connectivity index (χ1n) is 8.63. The van der Waals surface area contributed by atoms with Crippen molar-refractivity contribution >= 4 is 5.95 Å². The minimum atomic E-state index is 0.638. The zero-order valence-electron chi connectivity index (χ0n) is 14.5. The zero-order chi connectivity index (χ0) is 17.2. The van der Waals surface area contributed by atoms with Gasteiger partial charge in [0.25, 0.3) is 0 Å². The van der Waals surface area contributed by atoms with E-state index in [4.69, 9.17) is 9.40 Å². The van der Waals surface area contributed by atoms with E-state index in [1.807, 2.05) is 18.3 Å². The molecule has 6 nitrogen and oxygen atoms in total. The Morgan fingerprint density at radius 1 is 1.08 bits per heavy atom. The third kappa shape index (κ3) is 3.24. The van der Waals surface area contributed by atoms with E-state index >= 15 is 0 Å². The number of nitrogens with zero attached hydrogens (tertiary/aromatic N) is 5. The number of hydrogen-bond donors (Lipinski definition) is 0. The van der Waals surface area contributed by atoms with Gasteiger partial charge in [0, 0.05) is 37.2 Å². The first kappa shape index (κ1) is 15.7. The molecule has 0 bridgehead atoms. The van der Waals surface area contributed by atoms with E-state index in [1.165, 1.54) is 6.42 Å². The van der Waals surface area contributed by atoms with Gasteiger partial charge in [-0.25, -0.2) is 9.97 Å². The summed E-state index contributed by atoms with van der Waals surface area (Å²) in [4.78, 5) is 20.3. The van der Waals surface area contributed by atoms with Crippen LogP contribution in [-0.2, 0) is 0 Å². The van der Waals surface area contributed by atoms with Crippen molar-refractivity contribution in [3.63, 3.8) is 0 Å². The second-order valence-electron chi connectivity index (χ2n) is 6.85. The van der Waals surface area contributed by atoms with Crippen LogP contribution < -0.4 is 4.90 Å². The van der Waals surface area contributed by atoms with Gasteiger partial charge in [-0.15, -0.1) is 0 Å². The predicted molar refractivity (Wildman–Crippen MR) is 95.9 cm³/mol. The second kappa shape index (κ2) is 6.63. The highest BCUT2D eigenvalue weighted by molar-refractivity contribution is 5.76. The minimum Gasteiger partial charge on any atom is -0.463 e. The Hall–Kier alpha value is -2.76. The van der Waals surface area contributed by atoms with Crippen LogP contribution in [0.3, 0.4) is 0 Å². The lowest BCUT2D eigenvalue weighted by Crippen LogP contribution is -2.39. The van der Waals surface area contributed by atoms with E-state index in [1.54, 1.807) is 24.9 Å². The van der Waals surface area contributed by atoms with Crippen LogP contribution in [-0.4, -0.2) is 33.0 Å². The first-order chi connectivity index (χ1) is 12.2. The van der Waals surface area contributed by atoms with Gasteiger partial charge in [0.05, 0.1) is 18.2 Å². The summed E-state index contributed by atoms with van der Waals surface area (Å²) in [5.41, 5.74) is 2.31. The Balaban J connectivity index is 1.78. The topological polar surface area (TPSA) is 67.9 Å². The van der Waals surface area contributed by atoms with Gasteiger partial charge in [0.1, 0.15) is 5.69 Å². The Bertz CT molecular complexity index is 824. The van der Waals surface area contributed by atoms with Gasteiger partial charge in [0.15, 0.2) is 5.76 Å². The molecular formula is C19H21N5O. The molecule has 6 heteroatoms. The van der Waals surface area contributed by atoms with E-state index in [0.29, 0.717) is 17.6 Å². The summed E-state index contributed by atoms with van der Waals surface area (Å²) in [6, 6.07) is 3.77. The molecule has 0 radical (unpaired) electrons. The van der Waals surface area contributed by atoms with Crippen molar-refractivity contribution in [1.29, 1.82) is 0 Å². The Morgan fingerprint density at radius 2 is 1.92 bits per heavy atom. The third-order valence-corrected chi connectivity index (χ3v) is 4.52. The molecule has 0 aliphatic carbocycles. The number of furan rings is 1. The predicted octanol–water partition coefficient (Wildman–Crippen LogP) is 3.68. The molecule has 1 saturated heterocycles. The van der Waals surface area contributed by atoms with Gasteiger partial charge < -0.3 is 9.32 Å². The normalized spacial score (nSPS) is 20.6. The molecule has 25 heavy (non-hydrogen) atoms. The molecule has 3 aromatic heterocycles. The number of aromatic nitrogens is 4. The molecule has 0 saturated carbocycles. The van der Waals surface area contributed by atoms with Crippen molar-refractivity contribution < 1.29 is 4.42 Å². The van der Waals surface area contributed by atoms with Crippen molar-refractivity contribution in [1.82, 2.24) is 19.9 Å². The van der Waals surface area contributed by atoms with Gasteiger partial charge >= 0.3 is 0 Å². The largest absolute Gasteiger partial charge is 0.463 e. The molecule has 0 spiro atoms. The minimum absolute atomic E-state index is 0.638. The van der Waals surface area contributed by atoms with Crippen LogP contribution in [0.25, 0.3) is 22.7 Å². The molecule has 1 fully saturated rings. The molecule has 1 aliphatic rings. The molecule has 3 aromatic rings. The zero-order valence-corrected chi connectivity index (χ0v) is 14.5. The SMILES string of the molecule is CC1CC(C)CN(c2ncc(-c3cnccn3)c(-c3ccco3)n2)C1. The van der Waals surface area contributed by atoms with E-state index < -0.39 is 0 Å². The molecule has 2 atom stereocenters. The van der Waals surface area contributed by atoms with E-state index in [9.17, 15) is 0 Å². The molecule has 1 aliphatic heterocycles. The summed E-state index contributed by atoms with van der Waals surface area (Å²) >= 11 is 0. The number of hydrogen-bond acceptors (Lipinski definition) is 6. The highest BCUT2D eigenvalue weighted by atomic mass is 16.3. The lowest BCUT2D eigenvalue weighted by Gasteiger charge is -2.35. The van der Waals surface area contributed by atoms with Gasteiger partial charge in [-0.3, -0.25) is 9.97 Å². The maximum absolute atomic E-state index is 5.61. The molecular weight excluding hydrogens is 314 g/mol. The summed E-state index contributed by atoms with van der Waals surface area (Å²) in [7, 11) is 0. The number of rotatable bonds is 3. The fourth-order valence-corrected chi connectivity index (χ4v) is 3.58. The highest BCUT2D eigenvalue weighted by Crippen LogP contribution is 2.31. The van der Waals surface area contributed by atoms with E-state index in [-0.39, 0.29) is 0 Å². The lowest BCUT2D eigenvalue weighted by molar-refractivity contribution is 0.353. The van der Waals surface area contributed by atoms with Gasteiger partial charge in [-0.1, -0.05) is 13.8 Å². The summed E-state index contributed by atoms with van der Waals surface area (Å²) < 4.78 is 5.61. The first-order valence-corrected chi connectivity index (χ1v) is 8.63. The maximum Gasteiger partial charge on any atom is 0.226 e. The fourth-order valence-electron chi connectivity index (χ4n) is 3.58. The van der Waals surface area contributed by atoms with Gasteiger partial charge in [0.2, 0.25) is 5.95 Å². The Labute approximate surface area is 147 Å². The van der Waals surface area contributed by atoms with Gasteiger partial charge in [-0.2, -0.15) is 0 Å². The standard InChI is InChI=1S/C19H21N5O/c1-13-8-14(2)12-24(11-13)19-22-9-15(16-10-20-5-6-21-16)18(23-19)17-4-3-7-25-17/h3-7,9-10,13-14H,8,11-12H2,1-2H3. The van der Waals surface area contributed by atoms with Crippen LogP contribution in [0, 0.1) is 11.8 Å². The average Bonchev–Trinajstić information content (AvgIpc) is 3.16. The van der Waals surface area contributed by atoms with Crippen molar-refractivity contribution in [2.24, 2.45) is 11.8 Å². The van der Waals surface area contributed by atoms with Crippen molar-refractivity contribution in [2.45, 2.75) is 20.3 Å². The van der Waals surface area contributed by atoms with Crippen molar-refractivity contribution in [3.05, 3.63) is 43.2 Å². The summed E-state index contributed by atoms with van der Waals surface area (Å²) in [6.45, 7) is 6.52. The molecule has 4 heterocycles. The molecule has 128 valence electrons. The maximum atomic E-state index is 5.61. The Morgan fingerprint density at radius 3 is 2.60 bits per heavy atom. The summed E-state index contributed by atoms with van der Waals surface area (Å²) in [5, 5.41) is 0. The van der Waals surface area contributed by atoms with E-state index in [0.717, 1.165) is 36.0 Å². The quantitative estimate of drug-likeness (QED) is 0.727. The van der Waals surface area contributed by atoms with E-state index in [2.05, 4.69) is 33.7 Å². The van der Waals surface area contributed by atoms with Crippen LogP contribution in [0.1, 0.15) is 20.3 Å². The summed E-state index contributed by atoms with van der Waals surface area (Å²) in [6.07, 6.45) is 9.77. The van der Waals surface area contributed by atoms with Crippen molar-refractivity contribution in [3.8, 4) is 22.7 Å². The van der Waals surface area contributed by atoms with Crippen LogP contribution in [0.5, 0.6) is 0 Å². The van der Waals surface area contributed by atoms with Crippen LogP contribution in [0.2, 0.25) is 0 Å². The Kier molecular flexibility index (Phi) is 4.17. The molecule has 0 aromatic carbocycles. The van der Waals surface area contributed by atoms with Gasteiger partial charge in [-0.05, 0) is 30.4 Å². The summed E-state index contributed by atoms with van der Waals surface area (Å²) in [5.74, 6) is 2.73. The molecule has 0 amide bonds. The second-order valence-corrected chi connectivity index (χ2v) is 6.85. The number of anilines is 1. The fraction of sp³-hybridized carbons (Fsp3) is 0.368. The molecule has 2 unspecified atom stereocenters. The number of piperidine rings is 1. The smallest absolute Gasteiger partial charge is 0.226 e. The molecule has 4 rings (SSSR count). The lowest BCUT2D eigenvalue weighted by atomic mass is 9.92. The van der Waals surface area contributed by atoms with Crippen LogP contribution in [0.15, 0.2) is 47.6 Å². The highest BCUT2D eigenvalue weighted by Gasteiger charge is 2.25. The molecule has 0 N–H and O–H groups in total. The third-order valence-electron chi connectivity index (χ3n) is 4.52. The monoisotopic (exact) mass is 335 g/mol. The van der Waals surface area contributed by atoms with Crippen LogP contribution >= 0.6 is 0 Å². The van der Waals surface area contributed by atoms with Crippen molar-refractivity contribution in [2.75, 3.05) is 18.0 Å².